The molecule has 0 aliphatic rings. The molecule has 0 fully saturated rings. The first-order valence-corrected chi connectivity index (χ1v) is 12.0. The summed E-state index contributed by atoms with van der Waals surface area (Å²) < 4.78 is 0.824. The van der Waals surface area contributed by atoms with E-state index in [0.29, 0.717) is 37.0 Å². The first-order valence-electron chi connectivity index (χ1n) is 9.63. The molecule has 0 aliphatic carbocycles. The van der Waals surface area contributed by atoms with Crippen molar-refractivity contribution in [3.8, 4) is 11.4 Å². The van der Waals surface area contributed by atoms with Crippen LogP contribution in [0.15, 0.2) is 60.7 Å². The van der Waals surface area contributed by atoms with E-state index in [1.165, 1.54) is 11.3 Å². The molecule has 164 valence electrons. The zero-order valence-corrected chi connectivity index (χ0v) is 20.5. The molecule has 0 spiro atoms. The topological polar surface area (TPSA) is 69.8 Å². The number of nitrogens with one attached hydrogen (secondary N) is 3. The Balaban J connectivity index is 1.35. The Kier molecular flexibility index (Phi) is 5.99. The van der Waals surface area contributed by atoms with Gasteiger partial charge in [-0.2, -0.15) is 0 Å². The number of thiophene rings is 1. The number of nitrogens with zero attached hydrogens (tertiary/aromatic N) is 1. The van der Waals surface area contributed by atoms with Gasteiger partial charge in [0.05, 0.1) is 21.1 Å². The molecule has 0 unspecified atom stereocenters. The van der Waals surface area contributed by atoms with E-state index in [0.717, 1.165) is 21.1 Å². The second-order valence-corrected chi connectivity index (χ2v) is 9.77. The highest BCUT2D eigenvalue weighted by Crippen LogP contribution is 2.36. The van der Waals surface area contributed by atoms with E-state index in [4.69, 9.17) is 47.0 Å². The molecular weight excluding hydrogens is 519 g/mol. The lowest BCUT2D eigenvalue weighted by atomic mass is 10.2. The molecule has 33 heavy (non-hydrogen) atoms. The van der Waals surface area contributed by atoms with Crippen LogP contribution in [0.2, 0.25) is 15.1 Å². The van der Waals surface area contributed by atoms with Crippen molar-refractivity contribution in [2.45, 2.75) is 0 Å². The highest BCUT2D eigenvalue weighted by Gasteiger charge is 2.19. The maximum atomic E-state index is 12.8. The van der Waals surface area contributed by atoms with E-state index in [1.807, 2.05) is 30.3 Å². The molecular formula is C23H13Cl3N4OS2. The van der Waals surface area contributed by atoms with Gasteiger partial charge in [-0.1, -0.05) is 53.0 Å². The maximum Gasteiger partial charge on any atom is 0.269 e. The Morgan fingerprint density at radius 1 is 1.03 bits per heavy atom. The molecule has 0 radical (unpaired) electrons. The van der Waals surface area contributed by atoms with Crippen molar-refractivity contribution in [1.82, 2.24) is 15.3 Å². The van der Waals surface area contributed by atoms with Crippen molar-refractivity contribution < 1.29 is 4.79 Å². The molecule has 2 heterocycles. The van der Waals surface area contributed by atoms with Gasteiger partial charge >= 0.3 is 0 Å². The highest BCUT2D eigenvalue weighted by molar-refractivity contribution is 7.80. The largest absolute Gasteiger partial charge is 0.338 e. The van der Waals surface area contributed by atoms with Crippen molar-refractivity contribution in [3.05, 3.63) is 80.6 Å². The molecule has 10 heteroatoms. The average Bonchev–Trinajstić information content (AvgIpc) is 3.36. The first-order chi connectivity index (χ1) is 15.9. The normalized spacial score (nSPS) is 11.1. The first kappa shape index (κ1) is 22.1. The fraction of sp³-hybridized carbons (Fsp3) is 0. The summed E-state index contributed by atoms with van der Waals surface area (Å²) in [6.07, 6.45) is 0. The summed E-state index contributed by atoms with van der Waals surface area (Å²) in [4.78, 5) is 21.0. The molecule has 2 aromatic heterocycles. The lowest BCUT2D eigenvalue weighted by molar-refractivity contribution is 0.0982. The van der Waals surface area contributed by atoms with E-state index >= 15 is 0 Å². The molecule has 5 rings (SSSR count). The van der Waals surface area contributed by atoms with E-state index < -0.39 is 5.91 Å². The number of halogens is 3. The molecule has 3 aromatic carbocycles. The van der Waals surface area contributed by atoms with E-state index in [-0.39, 0.29) is 5.11 Å². The summed E-state index contributed by atoms with van der Waals surface area (Å²) in [7, 11) is 0. The predicted molar refractivity (Wildman–Crippen MR) is 142 cm³/mol. The summed E-state index contributed by atoms with van der Waals surface area (Å²) in [5.41, 5.74) is 3.10. The lowest BCUT2D eigenvalue weighted by Gasteiger charge is -2.11. The Morgan fingerprint density at radius 2 is 1.85 bits per heavy atom. The highest BCUT2D eigenvalue weighted by atomic mass is 35.5. The number of benzene rings is 3. The monoisotopic (exact) mass is 530 g/mol. The van der Waals surface area contributed by atoms with Gasteiger partial charge in [0.1, 0.15) is 10.7 Å². The number of rotatable bonds is 3. The van der Waals surface area contributed by atoms with Crippen molar-refractivity contribution >= 4 is 96.2 Å². The van der Waals surface area contributed by atoms with Gasteiger partial charge in [-0.15, -0.1) is 11.3 Å². The van der Waals surface area contributed by atoms with E-state index in [2.05, 4.69) is 20.6 Å². The second kappa shape index (κ2) is 8.93. The third-order valence-electron chi connectivity index (χ3n) is 4.89. The van der Waals surface area contributed by atoms with Crippen LogP contribution >= 0.6 is 58.4 Å². The van der Waals surface area contributed by atoms with Crippen LogP contribution in [0.1, 0.15) is 9.67 Å². The van der Waals surface area contributed by atoms with Crippen LogP contribution in [0.5, 0.6) is 0 Å². The number of anilines is 1. The van der Waals surface area contributed by atoms with Gasteiger partial charge in [-0.25, -0.2) is 4.98 Å². The SMILES string of the molecule is O=C(NC(=S)Nc1ccc(Cl)c(-c2nc3ccccc3[nH]2)c1)c1sc2cc(Cl)ccc2c1Cl. The van der Waals surface area contributed by atoms with Crippen LogP contribution in [0.3, 0.4) is 0 Å². The zero-order valence-electron chi connectivity index (χ0n) is 16.6. The average molecular weight is 532 g/mol. The Hall–Kier alpha value is -2.68. The second-order valence-electron chi connectivity index (χ2n) is 7.09. The van der Waals surface area contributed by atoms with Crippen molar-refractivity contribution in [2.24, 2.45) is 0 Å². The number of fused-ring (bicyclic) bond motifs is 2. The molecule has 5 aromatic rings. The number of H-pyrrole nitrogens is 1. The van der Waals surface area contributed by atoms with Crippen LogP contribution in [0.4, 0.5) is 5.69 Å². The van der Waals surface area contributed by atoms with Crippen LogP contribution in [0.25, 0.3) is 32.5 Å². The molecule has 3 N–H and O–H groups in total. The number of imidazole rings is 1. The molecule has 0 atom stereocenters. The summed E-state index contributed by atoms with van der Waals surface area (Å²) in [5.74, 6) is 0.233. The minimum atomic E-state index is -0.402. The number of para-hydroxylation sites is 2. The minimum absolute atomic E-state index is 0.129. The number of thiocarbonyl (C=S) groups is 1. The van der Waals surface area contributed by atoms with Crippen molar-refractivity contribution in [1.29, 1.82) is 0 Å². The molecule has 0 aliphatic heterocycles. The van der Waals surface area contributed by atoms with Crippen LogP contribution < -0.4 is 10.6 Å². The van der Waals surface area contributed by atoms with Gasteiger partial charge in [0.15, 0.2) is 5.11 Å². The number of amides is 1. The lowest BCUT2D eigenvalue weighted by Crippen LogP contribution is -2.33. The Bertz CT molecular complexity index is 1530. The van der Waals surface area contributed by atoms with Crippen LogP contribution in [0, 0.1) is 0 Å². The van der Waals surface area contributed by atoms with Gasteiger partial charge in [0.2, 0.25) is 0 Å². The zero-order chi connectivity index (χ0) is 23.1. The third kappa shape index (κ3) is 4.43. The fourth-order valence-electron chi connectivity index (χ4n) is 3.37. The van der Waals surface area contributed by atoms with E-state index in [9.17, 15) is 4.79 Å². The summed E-state index contributed by atoms with van der Waals surface area (Å²) >= 11 is 25.5. The molecule has 0 saturated heterocycles. The fourth-order valence-corrected chi connectivity index (χ4v) is 5.48. The summed E-state index contributed by atoms with van der Waals surface area (Å²) in [6, 6.07) is 18.3. The van der Waals surface area contributed by atoms with Gasteiger partial charge in [-0.05, 0) is 54.7 Å². The number of hydrogen-bond acceptors (Lipinski definition) is 4. The van der Waals surface area contributed by atoms with Crippen LogP contribution in [-0.2, 0) is 0 Å². The number of aromatic nitrogens is 2. The molecule has 5 nitrogen and oxygen atoms in total. The number of carbonyl (C=O) groups excluding carboxylic acids is 1. The van der Waals surface area contributed by atoms with Crippen LogP contribution in [-0.4, -0.2) is 21.0 Å². The van der Waals surface area contributed by atoms with E-state index in [1.54, 1.807) is 30.3 Å². The van der Waals surface area contributed by atoms with Gasteiger partial charge in [0.25, 0.3) is 5.91 Å². The number of hydrogen-bond donors (Lipinski definition) is 3. The molecule has 1 amide bonds. The van der Waals surface area contributed by atoms with Crippen molar-refractivity contribution in [3.63, 3.8) is 0 Å². The minimum Gasteiger partial charge on any atom is -0.338 e. The van der Waals surface area contributed by atoms with Gasteiger partial charge < -0.3 is 10.3 Å². The summed E-state index contributed by atoms with van der Waals surface area (Å²) in [5, 5.41) is 8.06. The molecule has 0 bridgehead atoms. The van der Waals surface area contributed by atoms with Gasteiger partial charge in [-0.3, -0.25) is 10.1 Å². The molecule has 0 saturated carbocycles. The Labute approximate surface area is 212 Å². The number of carbonyl (C=O) groups is 1. The number of aromatic amines is 1. The van der Waals surface area contributed by atoms with Gasteiger partial charge in [0, 0.05) is 26.4 Å². The third-order valence-corrected chi connectivity index (χ3v) is 7.32. The Morgan fingerprint density at radius 3 is 2.67 bits per heavy atom. The predicted octanol–water partition coefficient (Wildman–Crippen LogP) is 7.53. The smallest absolute Gasteiger partial charge is 0.269 e. The summed E-state index contributed by atoms with van der Waals surface area (Å²) in [6.45, 7) is 0. The standard InChI is InChI=1S/C23H13Cl3N4OS2/c24-11-5-7-13-18(9-11)33-20(19(13)26)22(31)30-23(32)27-12-6-8-15(25)14(10-12)21-28-16-3-1-2-4-17(16)29-21/h1-10H,(H,28,29)(H2,27,30,31,32). The quantitative estimate of drug-likeness (QED) is 0.210. The van der Waals surface area contributed by atoms with Crippen molar-refractivity contribution in [2.75, 3.05) is 5.32 Å². The maximum absolute atomic E-state index is 12.8.